The minimum absolute atomic E-state index is 0.231. The number of halogens is 1. The van der Waals surface area contributed by atoms with Crippen LogP contribution in [0.2, 0.25) is 0 Å². The van der Waals surface area contributed by atoms with Crippen LogP contribution in [-0.2, 0) is 0 Å². The molecule has 2 N–H and O–H groups in total. The van der Waals surface area contributed by atoms with Gasteiger partial charge in [0.2, 0.25) is 6.79 Å². The third-order valence-corrected chi connectivity index (χ3v) is 5.21. The first-order chi connectivity index (χ1) is 11.6. The molecule has 0 unspecified atom stereocenters. The van der Waals surface area contributed by atoms with Gasteiger partial charge in [0, 0.05) is 16.6 Å². The number of benzene rings is 1. The number of H-pyrrole nitrogens is 1. The summed E-state index contributed by atoms with van der Waals surface area (Å²) >= 11 is 4.68. The lowest BCUT2D eigenvalue weighted by Gasteiger charge is -2.00. The molecule has 0 saturated heterocycles. The van der Waals surface area contributed by atoms with E-state index in [0.717, 1.165) is 22.7 Å². The summed E-state index contributed by atoms with van der Waals surface area (Å²) in [5.41, 5.74) is 2.74. The molecule has 0 fully saturated rings. The second kappa shape index (κ2) is 5.91. The molecule has 0 bridgehead atoms. The van der Waals surface area contributed by atoms with Crippen LogP contribution in [0.3, 0.4) is 0 Å². The van der Waals surface area contributed by atoms with Gasteiger partial charge in [0.1, 0.15) is 0 Å². The number of aromatic amines is 1. The Labute approximate surface area is 149 Å². The number of hydrogen-bond acceptors (Lipinski definition) is 6. The van der Waals surface area contributed by atoms with Crippen molar-refractivity contribution in [2.45, 2.75) is 6.92 Å². The fraction of sp³-hybridized carbons (Fsp3) is 0.133. The van der Waals surface area contributed by atoms with Crippen LogP contribution >= 0.6 is 27.3 Å². The number of aryl methyl sites for hydroxylation is 1. The monoisotopic (exact) mass is 406 g/mol. The Kier molecular flexibility index (Phi) is 3.73. The molecule has 122 valence electrons. The number of carbonyl (C=O) groups is 1. The minimum Gasteiger partial charge on any atom is -0.454 e. The molecule has 0 atom stereocenters. The van der Waals surface area contributed by atoms with Gasteiger partial charge in [-0.2, -0.15) is 5.10 Å². The van der Waals surface area contributed by atoms with Gasteiger partial charge >= 0.3 is 0 Å². The number of nitrogens with one attached hydrogen (secondary N) is 2. The van der Waals surface area contributed by atoms with E-state index in [1.54, 1.807) is 0 Å². The molecule has 3 aromatic rings. The lowest BCUT2D eigenvalue weighted by atomic mass is 10.1. The topological polar surface area (TPSA) is 89.1 Å². The maximum atomic E-state index is 12.3. The number of rotatable bonds is 3. The van der Waals surface area contributed by atoms with Gasteiger partial charge in [-0.25, -0.2) is 4.98 Å². The number of aromatic nitrogens is 3. The van der Waals surface area contributed by atoms with E-state index in [4.69, 9.17) is 9.47 Å². The molecule has 0 saturated carbocycles. The van der Waals surface area contributed by atoms with E-state index in [-0.39, 0.29) is 12.7 Å². The molecule has 0 radical (unpaired) electrons. The maximum absolute atomic E-state index is 12.3. The lowest BCUT2D eigenvalue weighted by Crippen LogP contribution is -2.12. The quantitative estimate of drug-likeness (QED) is 0.693. The normalized spacial score (nSPS) is 12.4. The summed E-state index contributed by atoms with van der Waals surface area (Å²) < 4.78 is 11.3. The van der Waals surface area contributed by atoms with Crippen molar-refractivity contribution in [3.63, 3.8) is 0 Å². The Morgan fingerprint density at radius 2 is 2.21 bits per heavy atom. The molecule has 0 spiro atoms. The van der Waals surface area contributed by atoms with Crippen LogP contribution in [0.15, 0.2) is 28.1 Å². The van der Waals surface area contributed by atoms with Crippen LogP contribution in [0.5, 0.6) is 11.5 Å². The molecular weight excluding hydrogens is 396 g/mol. The van der Waals surface area contributed by atoms with Gasteiger partial charge in [-0.3, -0.25) is 15.2 Å². The van der Waals surface area contributed by atoms with Crippen molar-refractivity contribution in [2.24, 2.45) is 0 Å². The van der Waals surface area contributed by atoms with Gasteiger partial charge in [0.15, 0.2) is 22.3 Å². The van der Waals surface area contributed by atoms with Crippen molar-refractivity contribution in [3.8, 4) is 22.8 Å². The minimum atomic E-state index is -0.321. The Bertz CT molecular complexity index is 937. The average molecular weight is 407 g/mol. The number of anilines is 1. The first-order valence-corrected chi connectivity index (χ1v) is 8.66. The van der Waals surface area contributed by atoms with Gasteiger partial charge in [0.25, 0.3) is 5.91 Å². The summed E-state index contributed by atoms with van der Waals surface area (Å²) in [5.74, 6) is 1.10. The molecule has 1 aliphatic rings. The van der Waals surface area contributed by atoms with Crippen LogP contribution in [0, 0.1) is 6.92 Å². The predicted octanol–water partition coefficient (Wildman–Crippen LogP) is 3.59. The molecule has 4 rings (SSSR count). The first kappa shape index (κ1) is 15.2. The van der Waals surface area contributed by atoms with E-state index in [1.807, 2.05) is 30.5 Å². The molecule has 3 heterocycles. The van der Waals surface area contributed by atoms with Crippen molar-refractivity contribution in [2.75, 3.05) is 12.1 Å². The van der Waals surface area contributed by atoms with Crippen molar-refractivity contribution < 1.29 is 14.3 Å². The second-order valence-corrected chi connectivity index (χ2v) is 6.72. The zero-order valence-corrected chi connectivity index (χ0v) is 14.8. The van der Waals surface area contributed by atoms with Gasteiger partial charge in [-0.15, -0.1) is 11.3 Å². The van der Waals surface area contributed by atoms with E-state index < -0.39 is 0 Å². The van der Waals surface area contributed by atoms with Crippen molar-refractivity contribution in [1.82, 2.24) is 15.2 Å². The summed E-state index contributed by atoms with van der Waals surface area (Å²) in [6.07, 6.45) is 0. The highest BCUT2D eigenvalue weighted by atomic mass is 79.9. The van der Waals surface area contributed by atoms with Crippen LogP contribution in [0.4, 0.5) is 5.13 Å². The van der Waals surface area contributed by atoms with Crippen molar-refractivity contribution in [3.05, 3.63) is 39.4 Å². The van der Waals surface area contributed by atoms with Crippen LogP contribution < -0.4 is 14.8 Å². The van der Waals surface area contributed by atoms with Crippen LogP contribution in [-0.4, -0.2) is 27.9 Å². The summed E-state index contributed by atoms with van der Waals surface area (Å²) in [6, 6.07) is 5.62. The summed E-state index contributed by atoms with van der Waals surface area (Å²) in [4.78, 5) is 16.7. The highest BCUT2D eigenvalue weighted by Crippen LogP contribution is 2.36. The molecule has 0 aliphatic carbocycles. The number of ether oxygens (including phenoxy) is 2. The third kappa shape index (κ3) is 2.65. The highest BCUT2D eigenvalue weighted by Gasteiger charge is 2.18. The van der Waals surface area contributed by atoms with Gasteiger partial charge in [-0.05, 0) is 41.1 Å². The Morgan fingerprint density at radius 3 is 3.00 bits per heavy atom. The molecule has 1 aliphatic heterocycles. The number of nitrogens with zero attached hydrogens (tertiary/aromatic N) is 2. The number of carbonyl (C=O) groups excluding carboxylic acids is 1. The Balaban J connectivity index is 1.55. The van der Waals surface area contributed by atoms with Crippen LogP contribution in [0.25, 0.3) is 11.3 Å². The smallest absolute Gasteiger partial charge is 0.279 e. The summed E-state index contributed by atoms with van der Waals surface area (Å²) in [5, 5.41) is 11.9. The summed E-state index contributed by atoms with van der Waals surface area (Å²) in [7, 11) is 0. The fourth-order valence-corrected chi connectivity index (χ4v) is 3.31. The largest absolute Gasteiger partial charge is 0.454 e. The number of thiazole rings is 1. The SMILES string of the molecule is Cc1[nH]nc(C(=O)Nc2nc(-c3ccc4c(c3)OCO4)cs2)c1Br. The standard InChI is InChI=1S/C15H11BrN4O3S/c1-7-12(16)13(20-19-7)14(21)18-15-17-9(5-24-15)8-2-3-10-11(4-8)23-6-22-10/h2-5H,6H2,1H3,(H,19,20)(H,17,18,21). The lowest BCUT2D eigenvalue weighted by molar-refractivity contribution is 0.102. The molecule has 9 heteroatoms. The van der Waals surface area contributed by atoms with E-state index in [9.17, 15) is 4.79 Å². The zero-order valence-electron chi connectivity index (χ0n) is 12.4. The van der Waals surface area contributed by atoms with Gasteiger partial charge in [-0.1, -0.05) is 0 Å². The van der Waals surface area contributed by atoms with E-state index in [1.165, 1.54) is 11.3 Å². The Hall–Kier alpha value is -2.39. The summed E-state index contributed by atoms with van der Waals surface area (Å²) in [6.45, 7) is 2.06. The highest BCUT2D eigenvalue weighted by molar-refractivity contribution is 9.10. The average Bonchev–Trinajstić information content (AvgIpc) is 3.28. The van der Waals surface area contributed by atoms with E-state index in [0.29, 0.717) is 21.0 Å². The molecule has 7 nitrogen and oxygen atoms in total. The second-order valence-electron chi connectivity index (χ2n) is 5.07. The molecule has 1 aromatic carbocycles. The van der Waals surface area contributed by atoms with E-state index in [2.05, 4.69) is 36.4 Å². The van der Waals surface area contributed by atoms with E-state index >= 15 is 0 Å². The van der Waals surface area contributed by atoms with Gasteiger partial charge < -0.3 is 9.47 Å². The molecule has 24 heavy (non-hydrogen) atoms. The Morgan fingerprint density at radius 1 is 1.38 bits per heavy atom. The maximum Gasteiger partial charge on any atom is 0.279 e. The predicted molar refractivity (Wildman–Crippen MR) is 92.7 cm³/mol. The molecular formula is C15H11BrN4O3S. The van der Waals surface area contributed by atoms with Gasteiger partial charge in [0.05, 0.1) is 10.2 Å². The zero-order chi connectivity index (χ0) is 16.7. The van der Waals surface area contributed by atoms with Crippen LogP contribution in [0.1, 0.15) is 16.2 Å². The van der Waals surface area contributed by atoms with Crippen molar-refractivity contribution in [1.29, 1.82) is 0 Å². The fourth-order valence-electron chi connectivity index (χ4n) is 2.24. The first-order valence-electron chi connectivity index (χ1n) is 6.99. The number of hydrogen-bond donors (Lipinski definition) is 2. The molecule has 1 amide bonds. The van der Waals surface area contributed by atoms with Crippen molar-refractivity contribution >= 4 is 38.3 Å². The number of fused-ring (bicyclic) bond motifs is 1. The number of amides is 1. The molecule has 2 aromatic heterocycles. The third-order valence-electron chi connectivity index (χ3n) is 3.48.